The Morgan fingerprint density at radius 2 is 2.08 bits per heavy atom. The zero-order valence-corrected chi connectivity index (χ0v) is 8.28. The summed E-state index contributed by atoms with van der Waals surface area (Å²) in [6.45, 7) is 0.475. The van der Waals surface area contributed by atoms with Gasteiger partial charge in [0, 0.05) is 23.1 Å². The van der Waals surface area contributed by atoms with Crippen molar-refractivity contribution in [3.8, 4) is 0 Å². The summed E-state index contributed by atoms with van der Waals surface area (Å²) < 4.78 is 0. The van der Waals surface area contributed by atoms with Crippen molar-refractivity contribution in [1.29, 1.82) is 0 Å². The number of benzene rings is 1. The van der Waals surface area contributed by atoms with Crippen LogP contribution in [0.5, 0.6) is 0 Å². The summed E-state index contributed by atoms with van der Waals surface area (Å²) >= 11 is 11.9. The van der Waals surface area contributed by atoms with Crippen molar-refractivity contribution >= 4 is 34.1 Å². The maximum Gasteiger partial charge on any atom is 0.0686 e. The molecule has 0 radical (unpaired) electrons. The molecule has 1 heterocycles. The molecule has 0 aliphatic heterocycles. The normalized spacial score (nSPS) is 11.0. The minimum atomic E-state index is 0.475. The number of hydrogen-bond acceptors (Lipinski definition) is 1. The number of aromatic nitrogens is 1. The van der Waals surface area contributed by atoms with Gasteiger partial charge in [-0.2, -0.15) is 0 Å². The highest BCUT2D eigenvalue weighted by Crippen LogP contribution is 2.30. The zero-order valence-electron chi connectivity index (χ0n) is 6.77. The Kier molecular flexibility index (Phi) is 2.20. The molecule has 2 rings (SSSR count). The minimum absolute atomic E-state index is 0.475. The van der Waals surface area contributed by atoms with Crippen molar-refractivity contribution in [2.75, 3.05) is 0 Å². The lowest BCUT2D eigenvalue weighted by molar-refractivity contribution is 1.02. The van der Waals surface area contributed by atoms with E-state index in [2.05, 4.69) is 4.98 Å². The van der Waals surface area contributed by atoms with Crippen molar-refractivity contribution in [3.05, 3.63) is 33.9 Å². The Bertz CT molecular complexity index is 448. The molecule has 0 unspecified atom stereocenters. The average Bonchev–Trinajstić information content (AvgIpc) is 2.55. The molecule has 0 saturated heterocycles. The monoisotopic (exact) mass is 214 g/mol. The van der Waals surface area contributed by atoms with Gasteiger partial charge in [0.05, 0.1) is 10.0 Å². The van der Waals surface area contributed by atoms with E-state index in [9.17, 15) is 0 Å². The second-order valence-corrected chi connectivity index (χ2v) is 3.61. The Morgan fingerprint density at radius 3 is 2.77 bits per heavy atom. The maximum atomic E-state index is 6.00. The largest absolute Gasteiger partial charge is 0.357 e. The summed E-state index contributed by atoms with van der Waals surface area (Å²) in [4.78, 5) is 3.15. The number of H-pyrrole nitrogens is 1. The topological polar surface area (TPSA) is 41.8 Å². The van der Waals surface area contributed by atoms with E-state index in [1.165, 1.54) is 0 Å². The van der Waals surface area contributed by atoms with Crippen LogP contribution in [0.3, 0.4) is 0 Å². The lowest BCUT2D eigenvalue weighted by atomic mass is 10.2. The molecule has 1 aromatic heterocycles. The second-order valence-electron chi connectivity index (χ2n) is 2.82. The third-order valence-corrected chi connectivity index (χ3v) is 2.79. The molecule has 0 bridgehead atoms. The van der Waals surface area contributed by atoms with Gasteiger partial charge in [-0.25, -0.2) is 0 Å². The van der Waals surface area contributed by atoms with Crippen molar-refractivity contribution < 1.29 is 0 Å². The third-order valence-electron chi connectivity index (χ3n) is 1.97. The lowest BCUT2D eigenvalue weighted by Crippen LogP contribution is -1.94. The molecular formula is C9H8Cl2N2. The van der Waals surface area contributed by atoms with Gasteiger partial charge in [-0.15, -0.1) is 0 Å². The van der Waals surface area contributed by atoms with Gasteiger partial charge in [0.25, 0.3) is 0 Å². The Balaban J connectivity index is 2.76. The molecule has 4 heteroatoms. The van der Waals surface area contributed by atoms with Crippen LogP contribution in [0, 0.1) is 0 Å². The number of hydrogen-bond donors (Lipinski definition) is 2. The second kappa shape index (κ2) is 3.22. The predicted molar refractivity (Wildman–Crippen MR) is 56.2 cm³/mol. The van der Waals surface area contributed by atoms with Crippen LogP contribution in [-0.2, 0) is 6.54 Å². The van der Waals surface area contributed by atoms with E-state index in [-0.39, 0.29) is 0 Å². The molecular weight excluding hydrogens is 207 g/mol. The molecule has 0 aliphatic carbocycles. The van der Waals surface area contributed by atoms with E-state index >= 15 is 0 Å². The predicted octanol–water partition coefficient (Wildman–Crippen LogP) is 2.93. The molecule has 68 valence electrons. The van der Waals surface area contributed by atoms with Gasteiger partial charge in [-0.05, 0) is 18.2 Å². The zero-order chi connectivity index (χ0) is 9.42. The third kappa shape index (κ3) is 1.41. The average molecular weight is 215 g/mol. The Labute approximate surface area is 85.6 Å². The van der Waals surface area contributed by atoms with Gasteiger partial charge in [-0.3, -0.25) is 0 Å². The van der Waals surface area contributed by atoms with Gasteiger partial charge in [0.2, 0.25) is 0 Å². The molecule has 2 aromatic rings. The lowest BCUT2D eigenvalue weighted by Gasteiger charge is -1.95. The van der Waals surface area contributed by atoms with Crippen LogP contribution in [0.4, 0.5) is 0 Å². The first-order valence-electron chi connectivity index (χ1n) is 3.88. The molecule has 13 heavy (non-hydrogen) atoms. The number of fused-ring (bicyclic) bond motifs is 1. The Hall–Kier alpha value is -0.700. The molecule has 0 spiro atoms. The van der Waals surface area contributed by atoms with Gasteiger partial charge < -0.3 is 10.7 Å². The van der Waals surface area contributed by atoms with Gasteiger partial charge in [-0.1, -0.05) is 23.2 Å². The number of nitrogens with one attached hydrogen (secondary N) is 1. The van der Waals surface area contributed by atoms with Crippen LogP contribution < -0.4 is 5.73 Å². The van der Waals surface area contributed by atoms with Crippen LogP contribution >= 0.6 is 23.2 Å². The van der Waals surface area contributed by atoms with Crippen LogP contribution in [0.1, 0.15) is 5.69 Å². The first kappa shape index (κ1) is 8.88. The fourth-order valence-electron chi connectivity index (χ4n) is 1.31. The van der Waals surface area contributed by atoms with Crippen LogP contribution in [0.15, 0.2) is 18.2 Å². The van der Waals surface area contributed by atoms with Crippen LogP contribution in [0.2, 0.25) is 10.0 Å². The smallest absolute Gasteiger partial charge is 0.0686 e. The van der Waals surface area contributed by atoms with Gasteiger partial charge in [0.15, 0.2) is 0 Å². The molecule has 2 nitrogen and oxygen atoms in total. The standard InChI is InChI=1S/C9H8Cl2N2/c10-7-1-2-8-6(9(7)11)3-5(4-12)13-8/h1-3,13H,4,12H2. The van der Waals surface area contributed by atoms with Crippen molar-refractivity contribution in [2.45, 2.75) is 6.54 Å². The van der Waals surface area contributed by atoms with Crippen LogP contribution in [-0.4, -0.2) is 4.98 Å². The van der Waals surface area contributed by atoms with Crippen molar-refractivity contribution in [1.82, 2.24) is 4.98 Å². The molecule has 3 N–H and O–H groups in total. The first-order valence-corrected chi connectivity index (χ1v) is 4.63. The number of nitrogens with two attached hydrogens (primary N) is 1. The number of aromatic amines is 1. The van der Waals surface area contributed by atoms with E-state index in [1.54, 1.807) is 6.07 Å². The fraction of sp³-hybridized carbons (Fsp3) is 0.111. The molecule has 0 saturated carbocycles. The summed E-state index contributed by atoms with van der Waals surface area (Å²) in [6.07, 6.45) is 0. The first-order chi connectivity index (χ1) is 6.22. The molecule has 0 fully saturated rings. The van der Waals surface area contributed by atoms with E-state index < -0.39 is 0 Å². The van der Waals surface area contributed by atoms with E-state index in [4.69, 9.17) is 28.9 Å². The summed E-state index contributed by atoms with van der Waals surface area (Å²) in [6, 6.07) is 5.58. The minimum Gasteiger partial charge on any atom is -0.357 e. The number of halogens is 2. The van der Waals surface area contributed by atoms with E-state index in [0.717, 1.165) is 16.6 Å². The van der Waals surface area contributed by atoms with E-state index in [0.29, 0.717) is 16.6 Å². The summed E-state index contributed by atoms with van der Waals surface area (Å²) in [5.41, 5.74) is 7.42. The molecule has 0 aliphatic rings. The fourth-order valence-corrected chi connectivity index (χ4v) is 1.69. The molecule has 0 amide bonds. The SMILES string of the molecule is NCc1cc2c(Cl)c(Cl)ccc2[nH]1. The summed E-state index contributed by atoms with van der Waals surface area (Å²) in [5.74, 6) is 0. The summed E-state index contributed by atoms with van der Waals surface area (Å²) in [7, 11) is 0. The van der Waals surface area contributed by atoms with Crippen molar-refractivity contribution in [3.63, 3.8) is 0 Å². The quantitative estimate of drug-likeness (QED) is 0.754. The number of rotatable bonds is 1. The van der Waals surface area contributed by atoms with E-state index in [1.807, 2.05) is 12.1 Å². The highest BCUT2D eigenvalue weighted by molar-refractivity contribution is 6.45. The van der Waals surface area contributed by atoms with Crippen LogP contribution in [0.25, 0.3) is 10.9 Å². The van der Waals surface area contributed by atoms with Gasteiger partial charge in [0.1, 0.15) is 0 Å². The Morgan fingerprint density at radius 1 is 1.31 bits per heavy atom. The maximum absolute atomic E-state index is 6.00. The highest BCUT2D eigenvalue weighted by Gasteiger charge is 2.06. The highest BCUT2D eigenvalue weighted by atomic mass is 35.5. The molecule has 0 atom stereocenters. The molecule has 1 aromatic carbocycles. The summed E-state index contributed by atoms with van der Waals surface area (Å²) in [5, 5.41) is 2.07. The van der Waals surface area contributed by atoms with Crippen molar-refractivity contribution in [2.24, 2.45) is 5.73 Å². The van der Waals surface area contributed by atoms with Gasteiger partial charge >= 0.3 is 0 Å².